The van der Waals surface area contributed by atoms with Gasteiger partial charge in [-0.05, 0) is 44.8 Å². The molecule has 0 saturated heterocycles. The maximum atomic E-state index is 12.6. The number of nitrogens with zero attached hydrogens (tertiary/aromatic N) is 1. The number of rotatable bonds is 3. The van der Waals surface area contributed by atoms with E-state index >= 15 is 0 Å². The first-order valence-corrected chi connectivity index (χ1v) is 9.02. The van der Waals surface area contributed by atoms with Crippen molar-refractivity contribution in [1.82, 2.24) is 10.7 Å². The zero-order valence-corrected chi connectivity index (χ0v) is 14.8. The first-order valence-electron chi connectivity index (χ1n) is 8.61. The fourth-order valence-electron chi connectivity index (χ4n) is 3.62. The van der Waals surface area contributed by atoms with E-state index in [1.807, 2.05) is 6.92 Å². The molecule has 1 aromatic rings. The number of amides is 1. The quantitative estimate of drug-likeness (QED) is 0.576. The maximum absolute atomic E-state index is 12.6. The molecule has 1 fully saturated rings. The van der Waals surface area contributed by atoms with Crippen LogP contribution in [0.3, 0.4) is 0 Å². The highest BCUT2D eigenvalue weighted by molar-refractivity contribution is 7.80. The van der Waals surface area contributed by atoms with Crippen molar-refractivity contribution in [2.75, 3.05) is 0 Å². The minimum absolute atomic E-state index is 0.115. The van der Waals surface area contributed by atoms with Gasteiger partial charge in [-0.15, -0.1) is 0 Å². The summed E-state index contributed by atoms with van der Waals surface area (Å²) in [5, 5.41) is 7.53. The molecular weight excluding hydrogens is 324 g/mol. The number of furan rings is 1. The fraction of sp³-hybridized carbons (Fsp3) is 0.588. The molecule has 2 aliphatic carbocycles. The molecule has 1 saturated carbocycles. The Morgan fingerprint density at radius 2 is 2.00 bits per heavy atom. The molecule has 0 aliphatic heterocycles. The molecule has 0 unspecified atom stereocenters. The first kappa shape index (κ1) is 17.0. The Balaban J connectivity index is 1.82. The van der Waals surface area contributed by atoms with Crippen LogP contribution in [0.1, 0.15) is 72.4 Å². The van der Waals surface area contributed by atoms with Crippen molar-refractivity contribution in [3.8, 4) is 0 Å². The molecule has 3 rings (SSSR count). The number of nitrogens with two attached hydrogens (primary N) is 1. The average molecular weight is 348 g/mol. The Bertz CT molecular complexity index is 674. The molecule has 130 valence electrons. The Morgan fingerprint density at radius 3 is 2.71 bits per heavy atom. The monoisotopic (exact) mass is 348 g/mol. The molecule has 1 amide bonds. The summed E-state index contributed by atoms with van der Waals surface area (Å²) < 4.78 is 5.89. The van der Waals surface area contributed by atoms with Gasteiger partial charge in [-0.2, -0.15) is 5.10 Å². The van der Waals surface area contributed by atoms with E-state index in [4.69, 9.17) is 22.4 Å². The molecule has 0 radical (unpaired) electrons. The molecule has 4 N–H and O–H groups in total. The van der Waals surface area contributed by atoms with Crippen LogP contribution in [0.15, 0.2) is 9.52 Å². The zero-order valence-electron chi connectivity index (χ0n) is 14.0. The van der Waals surface area contributed by atoms with Crippen LogP contribution < -0.4 is 16.5 Å². The molecule has 1 heterocycles. The van der Waals surface area contributed by atoms with Crippen LogP contribution in [0.25, 0.3) is 0 Å². The van der Waals surface area contributed by atoms with Crippen LogP contribution in [-0.2, 0) is 6.42 Å². The second kappa shape index (κ2) is 7.34. The van der Waals surface area contributed by atoms with E-state index in [0.717, 1.165) is 54.7 Å². The van der Waals surface area contributed by atoms with Crippen LogP contribution in [0.4, 0.5) is 0 Å². The third-order valence-electron chi connectivity index (χ3n) is 4.77. The molecular formula is C17H24N4O2S. The molecule has 0 atom stereocenters. The lowest BCUT2D eigenvalue weighted by molar-refractivity contribution is 0.0897. The largest absolute Gasteiger partial charge is 0.455 e. The number of nitrogens with one attached hydrogen (secondary N) is 2. The predicted molar refractivity (Wildman–Crippen MR) is 97.2 cm³/mol. The van der Waals surface area contributed by atoms with E-state index in [0.29, 0.717) is 5.76 Å². The number of carbonyl (C=O) groups excluding carboxylic acids is 1. The van der Waals surface area contributed by atoms with Gasteiger partial charge in [0.15, 0.2) is 10.9 Å². The molecule has 1 aromatic heterocycles. The summed E-state index contributed by atoms with van der Waals surface area (Å²) in [5.74, 6) is 1.13. The van der Waals surface area contributed by atoms with Gasteiger partial charge in [0.25, 0.3) is 5.91 Å². The molecule has 6 nitrogen and oxygen atoms in total. The van der Waals surface area contributed by atoms with Crippen molar-refractivity contribution in [2.45, 2.75) is 64.3 Å². The van der Waals surface area contributed by atoms with E-state index in [1.54, 1.807) is 0 Å². The summed E-state index contributed by atoms with van der Waals surface area (Å²) in [6, 6.07) is 0.261. The third kappa shape index (κ3) is 3.61. The predicted octanol–water partition coefficient (Wildman–Crippen LogP) is 2.52. The van der Waals surface area contributed by atoms with E-state index in [1.165, 1.54) is 19.3 Å². The molecule has 0 aromatic carbocycles. The van der Waals surface area contributed by atoms with Gasteiger partial charge < -0.3 is 15.5 Å². The summed E-state index contributed by atoms with van der Waals surface area (Å²) in [5.41, 5.74) is 10.7. The van der Waals surface area contributed by atoms with Gasteiger partial charge in [0.2, 0.25) is 0 Å². The second-order valence-corrected chi connectivity index (χ2v) is 6.99. The lowest BCUT2D eigenvalue weighted by Gasteiger charge is -2.22. The fourth-order valence-corrected chi connectivity index (χ4v) is 3.66. The van der Waals surface area contributed by atoms with Gasteiger partial charge >= 0.3 is 0 Å². The van der Waals surface area contributed by atoms with E-state index in [2.05, 4.69) is 15.8 Å². The Morgan fingerprint density at radius 1 is 1.25 bits per heavy atom. The highest BCUT2D eigenvalue weighted by Crippen LogP contribution is 2.30. The summed E-state index contributed by atoms with van der Waals surface area (Å²) >= 11 is 4.81. The summed E-state index contributed by atoms with van der Waals surface area (Å²) in [4.78, 5) is 12.6. The SMILES string of the molecule is Cc1c(C(=O)NC2CCCCC2)oc2c1/C(=N/NC(N)=S)CCC2. The van der Waals surface area contributed by atoms with Crippen molar-refractivity contribution in [3.05, 3.63) is 22.6 Å². The number of hydrazone groups is 1. The van der Waals surface area contributed by atoms with Crippen LogP contribution >= 0.6 is 12.2 Å². The van der Waals surface area contributed by atoms with E-state index < -0.39 is 0 Å². The topological polar surface area (TPSA) is 92.6 Å². The Kier molecular flexibility index (Phi) is 5.18. The first-order chi connectivity index (χ1) is 11.6. The van der Waals surface area contributed by atoms with Crippen molar-refractivity contribution < 1.29 is 9.21 Å². The smallest absolute Gasteiger partial charge is 0.287 e. The summed E-state index contributed by atoms with van der Waals surface area (Å²) in [6.07, 6.45) is 8.29. The van der Waals surface area contributed by atoms with Gasteiger partial charge in [0.1, 0.15) is 5.76 Å². The Hall–Kier alpha value is -1.89. The van der Waals surface area contributed by atoms with Gasteiger partial charge in [0.05, 0.1) is 5.71 Å². The molecule has 24 heavy (non-hydrogen) atoms. The van der Waals surface area contributed by atoms with Crippen LogP contribution in [0.5, 0.6) is 0 Å². The van der Waals surface area contributed by atoms with E-state index in [9.17, 15) is 4.79 Å². The summed E-state index contributed by atoms with van der Waals surface area (Å²) in [6.45, 7) is 1.92. The second-order valence-electron chi connectivity index (χ2n) is 6.55. The molecule has 7 heteroatoms. The lowest BCUT2D eigenvalue weighted by Crippen LogP contribution is -2.36. The third-order valence-corrected chi connectivity index (χ3v) is 4.86. The number of aryl methyl sites for hydroxylation is 1. The van der Waals surface area contributed by atoms with Gasteiger partial charge in [0, 0.05) is 23.6 Å². The number of hydrogen-bond acceptors (Lipinski definition) is 4. The minimum atomic E-state index is -0.115. The normalized spacial score (nSPS) is 19.8. The van der Waals surface area contributed by atoms with Gasteiger partial charge in [-0.1, -0.05) is 19.3 Å². The zero-order chi connectivity index (χ0) is 17.1. The number of hydrogen-bond donors (Lipinski definition) is 3. The minimum Gasteiger partial charge on any atom is -0.455 e. The van der Waals surface area contributed by atoms with Crippen molar-refractivity contribution in [1.29, 1.82) is 0 Å². The van der Waals surface area contributed by atoms with Crippen LogP contribution in [0, 0.1) is 6.92 Å². The molecule has 2 aliphatic rings. The highest BCUT2D eigenvalue weighted by atomic mass is 32.1. The highest BCUT2D eigenvalue weighted by Gasteiger charge is 2.29. The Labute approximate surface area is 147 Å². The van der Waals surface area contributed by atoms with Crippen LogP contribution in [0.2, 0.25) is 0 Å². The number of thiocarbonyl (C=S) groups is 1. The molecule has 0 bridgehead atoms. The number of fused-ring (bicyclic) bond motifs is 1. The average Bonchev–Trinajstić information content (AvgIpc) is 2.91. The van der Waals surface area contributed by atoms with Crippen molar-refractivity contribution in [3.63, 3.8) is 0 Å². The summed E-state index contributed by atoms with van der Waals surface area (Å²) in [7, 11) is 0. The molecule has 0 spiro atoms. The van der Waals surface area contributed by atoms with E-state index in [-0.39, 0.29) is 17.1 Å². The van der Waals surface area contributed by atoms with Crippen LogP contribution in [-0.4, -0.2) is 22.8 Å². The number of carbonyl (C=O) groups is 1. The van der Waals surface area contributed by atoms with Crippen molar-refractivity contribution >= 4 is 28.9 Å². The maximum Gasteiger partial charge on any atom is 0.287 e. The van der Waals surface area contributed by atoms with Gasteiger partial charge in [-0.3, -0.25) is 10.2 Å². The lowest BCUT2D eigenvalue weighted by atomic mass is 9.93. The van der Waals surface area contributed by atoms with Crippen molar-refractivity contribution in [2.24, 2.45) is 10.8 Å². The van der Waals surface area contributed by atoms with Gasteiger partial charge in [-0.25, -0.2) is 0 Å². The standard InChI is InChI=1S/C17H24N4O2S/c1-10-14-12(20-21-17(18)24)8-5-9-13(14)23-15(10)16(22)19-11-6-3-2-4-7-11/h11H,2-9H2,1H3,(H,19,22)(H3,18,21,24)/b20-12+.